The van der Waals surface area contributed by atoms with Crippen LogP contribution in [-0.4, -0.2) is 96.0 Å². The molecular weight excluding hydrogens is 754 g/mol. The van der Waals surface area contributed by atoms with Crippen LogP contribution in [0.2, 0.25) is 0 Å². The van der Waals surface area contributed by atoms with Gasteiger partial charge in [-0.05, 0) is 80.0 Å². The average molecular weight is 798 g/mol. The number of fused-ring (bicyclic) bond motifs is 3. The van der Waals surface area contributed by atoms with Crippen LogP contribution in [0.5, 0.6) is 11.6 Å². The van der Waals surface area contributed by atoms with Crippen LogP contribution in [0.25, 0.3) is 10.8 Å². The molecule has 3 fully saturated rings. The largest absolute Gasteiger partial charge is 0.497 e. The van der Waals surface area contributed by atoms with E-state index in [0.29, 0.717) is 19.3 Å². The van der Waals surface area contributed by atoms with Crippen molar-refractivity contribution in [3.05, 3.63) is 42.1 Å². The van der Waals surface area contributed by atoms with Crippen LogP contribution < -0.4 is 24.8 Å². The first kappa shape index (κ1) is 40.0. The van der Waals surface area contributed by atoms with Gasteiger partial charge in [0.15, 0.2) is 0 Å². The number of pyridine rings is 1. The number of hydrogen-bond acceptors (Lipinski definition) is 9. The molecule has 300 valence electrons. The highest BCUT2D eigenvalue weighted by molar-refractivity contribution is 7.91. The number of methoxy groups -OCH3 is 1. The monoisotopic (exact) mass is 797 g/mol. The van der Waals surface area contributed by atoms with Crippen LogP contribution in [0.1, 0.15) is 64.5 Å². The third kappa shape index (κ3) is 8.02. The molecule has 6 rings (SSSR count). The smallest absolute Gasteiger partial charge is 0.433 e. The van der Waals surface area contributed by atoms with Crippen molar-refractivity contribution in [3.8, 4) is 11.6 Å². The van der Waals surface area contributed by atoms with Crippen LogP contribution in [0.3, 0.4) is 0 Å². The molecule has 2 aromatic rings. The number of aromatic nitrogens is 1. The Morgan fingerprint density at radius 1 is 1.15 bits per heavy atom. The predicted molar refractivity (Wildman–Crippen MR) is 188 cm³/mol. The van der Waals surface area contributed by atoms with Crippen molar-refractivity contribution in [2.24, 2.45) is 17.8 Å². The summed E-state index contributed by atoms with van der Waals surface area (Å²) in [6, 6.07) is 2.34. The Labute approximate surface area is 314 Å². The lowest BCUT2D eigenvalue weighted by Crippen LogP contribution is -2.59. The van der Waals surface area contributed by atoms with Crippen molar-refractivity contribution in [1.82, 2.24) is 25.2 Å². The number of benzene rings is 1. The minimum Gasteiger partial charge on any atom is -0.497 e. The SMILES string of the molecule is COc1ccc2c(O[C@@H]3C[C@H]4C(=O)N[C@]5(C(=O)NS(=O)(=O)C6(CF)CC6)C[C@H]5/C=C\CC[C@@H](C)C[C@@H](C)[C@H](NC(=O)O)C(=O)N4C3)nc(C(F)(F)F)cc2c1. The fourth-order valence-corrected chi connectivity index (χ4v) is 9.03. The third-order valence-electron chi connectivity index (χ3n) is 11.1. The van der Waals surface area contributed by atoms with E-state index in [0.717, 1.165) is 11.0 Å². The molecule has 4 amide bonds. The lowest BCUT2D eigenvalue weighted by molar-refractivity contribution is -0.142. The Morgan fingerprint density at radius 2 is 1.87 bits per heavy atom. The molecule has 3 heterocycles. The van der Waals surface area contributed by atoms with Gasteiger partial charge in [0.25, 0.3) is 5.91 Å². The molecule has 1 saturated heterocycles. The molecule has 0 spiro atoms. The number of sulfonamides is 1. The van der Waals surface area contributed by atoms with Crippen LogP contribution in [0.4, 0.5) is 22.4 Å². The second-order valence-electron chi connectivity index (χ2n) is 15.2. The zero-order chi connectivity index (χ0) is 40.1. The minimum absolute atomic E-state index is 0.00684. The summed E-state index contributed by atoms with van der Waals surface area (Å²) >= 11 is 0. The van der Waals surface area contributed by atoms with Gasteiger partial charge in [-0.3, -0.25) is 19.1 Å². The number of alkyl halides is 4. The van der Waals surface area contributed by atoms with Crippen molar-refractivity contribution >= 4 is 44.6 Å². The second-order valence-corrected chi connectivity index (χ2v) is 17.2. The van der Waals surface area contributed by atoms with Crippen molar-refractivity contribution < 1.29 is 59.7 Å². The van der Waals surface area contributed by atoms with Crippen LogP contribution in [0, 0.1) is 17.8 Å². The normalized spacial score (nSPS) is 30.1. The zero-order valence-electron chi connectivity index (χ0n) is 30.3. The molecule has 1 aromatic carbocycles. The van der Waals surface area contributed by atoms with Gasteiger partial charge in [-0.25, -0.2) is 22.6 Å². The molecule has 1 aromatic heterocycles. The van der Waals surface area contributed by atoms with Gasteiger partial charge in [-0.2, -0.15) is 13.2 Å². The quantitative estimate of drug-likeness (QED) is 0.224. The fraction of sp³-hybridized carbons (Fsp3) is 0.583. The molecule has 7 atom stereocenters. The van der Waals surface area contributed by atoms with Gasteiger partial charge in [0.05, 0.1) is 13.7 Å². The van der Waals surface area contributed by atoms with Crippen LogP contribution >= 0.6 is 0 Å². The Morgan fingerprint density at radius 3 is 2.51 bits per heavy atom. The summed E-state index contributed by atoms with van der Waals surface area (Å²) in [5, 5.41) is 14.9. The lowest BCUT2D eigenvalue weighted by Gasteiger charge is -2.32. The number of carbonyl (C=O) groups is 4. The number of carbonyl (C=O) groups excluding carboxylic acids is 3. The number of rotatable bonds is 8. The number of hydrogen-bond donors (Lipinski definition) is 4. The van der Waals surface area contributed by atoms with Gasteiger partial charge in [-0.1, -0.05) is 26.0 Å². The summed E-state index contributed by atoms with van der Waals surface area (Å²) in [7, 11) is -3.13. The number of nitrogens with one attached hydrogen (secondary N) is 3. The van der Waals surface area contributed by atoms with E-state index < -0.39 is 98.6 Å². The first-order valence-corrected chi connectivity index (χ1v) is 19.5. The number of allylic oxidation sites excluding steroid dienone is 1. The fourth-order valence-electron chi connectivity index (χ4n) is 7.61. The highest BCUT2D eigenvalue weighted by atomic mass is 32.2. The van der Waals surface area contributed by atoms with Gasteiger partial charge in [0.1, 0.15) is 46.6 Å². The molecule has 4 aliphatic rings. The molecule has 2 aliphatic heterocycles. The summed E-state index contributed by atoms with van der Waals surface area (Å²) in [5.74, 6) is -4.21. The van der Waals surface area contributed by atoms with E-state index in [-0.39, 0.29) is 54.7 Å². The van der Waals surface area contributed by atoms with Crippen molar-refractivity contribution in [3.63, 3.8) is 0 Å². The molecule has 14 nitrogen and oxygen atoms in total. The highest BCUT2D eigenvalue weighted by Crippen LogP contribution is 2.48. The Kier molecular flexibility index (Phi) is 10.7. The number of ether oxygens (including phenoxy) is 2. The standard InChI is InChI=1S/C36H43F4N5O9S/c1-19-6-4-5-7-22-16-35(22,32(48)44-55(51,52)34(18-37)10-11-34)43-29(46)26-15-24(17-45(26)31(47)28(20(2)12-19)42-33(49)50)54-30-25-9-8-23(53-3)13-21(25)14-27(41-30)36(38,39)40/h5,7-9,13-14,19-20,22,24,26,28,42H,4,6,10-12,15-18H2,1-3H3,(H,43,46)(H,44,48)(H,49,50)/b7-5-/t19-,20-,22-,24-,26+,28+,35-/m1/s1. The second kappa shape index (κ2) is 14.8. The first-order chi connectivity index (χ1) is 25.8. The molecular formula is C36H43F4N5O9S. The number of halogens is 4. The number of carboxylic acid groups (broad SMARTS) is 1. The molecule has 19 heteroatoms. The van der Waals surface area contributed by atoms with Gasteiger partial charge < -0.3 is 30.1 Å². The van der Waals surface area contributed by atoms with Crippen LogP contribution in [-0.2, 0) is 30.6 Å². The summed E-state index contributed by atoms with van der Waals surface area (Å²) < 4.78 is 93.4. The zero-order valence-corrected chi connectivity index (χ0v) is 31.1. The maximum Gasteiger partial charge on any atom is 0.433 e. The van der Waals surface area contributed by atoms with E-state index in [1.807, 2.05) is 11.6 Å². The summed E-state index contributed by atoms with van der Waals surface area (Å²) in [5.41, 5.74) is -3.06. The number of nitrogens with zero attached hydrogens (tertiary/aromatic N) is 2. The lowest BCUT2D eigenvalue weighted by atomic mass is 9.88. The van der Waals surface area contributed by atoms with Gasteiger partial charge >= 0.3 is 12.3 Å². The highest BCUT2D eigenvalue weighted by Gasteiger charge is 2.64. The third-order valence-corrected chi connectivity index (χ3v) is 13.2. The topological polar surface area (TPSA) is 193 Å². The molecule has 0 bridgehead atoms. The molecule has 2 saturated carbocycles. The molecule has 0 unspecified atom stereocenters. The summed E-state index contributed by atoms with van der Waals surface area (Å²) in [6.45, 7) is 2.03. The van der Waals surface area contributed by atoms with E-state index >= 15 is 0 Å². The predicted octanol–water partition coefficient (Wildman–Crippen LogP) is 4.08. The molecule has 4 N–H and O–H groups in total. The van der Waals surface area contributed by atoms with Crippen molar-refractivity contribution in [2.75, 3.05) is 20.3 Å². The maximum atomic E-state index is 14.4. The van der Waals surface area contributed by atoms with Crippen molar-refractivity contribution in [2.45, 2.75) is 93.4 Å². The van der Waals surface area contributed by atoms with E-state index in [4.69, 9.17) is 9.47 Å². The molecule has 2 aliphatic carbocycles. The van der Waals surface area contributed by atoms with E-state index in [1.165, 1.54) is 25.3 Å². The van der Waals surface area contributed by atoms with Gasteiger partial charge in [-0.15, -0.1) is 0 Å². The van der Waals surface area contributed by atoms with E-state index in [2.05, 4.69) is 15.6 Å². The maximum absolute atomic E-state index is 14.4. The molecule has 55 heavy (non-hydrogen) atoms. The van der Waals surface area contributed by atoms with Crippen LogP contribution in [0.15, 0.2) is 36.4 Å². The molecule has 0 radical (unpaired) electrons. The van der Waals surface area contributed by atoms with Gasteiger partial charge in [0, 0.05) is 17.7 Å². The number of amides is 4. The van der Waals surface area contributed by atoms with Crippen molar-refractivity contribution in [1.29, 1.82) is 0 Å². The first-order valence-electron chi connectivity index (χ1n) is 18.0. The van der Waals surface area contributed by atoms with Gasteiger partial charge in [0.2, 0.25) is 27.7 Å². The Balaban J connectivity index is 1.37. The Bertz CT molecular complexity index is 2010. The van der Waals surface area contributed by atoms with E-state index in [9.17, 15) is 50.3 Å². The van der Waals surface area contributed by atoms with E-state index in [1.54, 1.807) is 19.1 Å². The summed E-state index contributed by atoms with van der Waals surface area (Å²) in [4.78, 5) is 59.2. The average Bonchev–Trinajstić information content (AvgIpc) is 4.02. The Hall–Kier alpha value is -4.68. The minimum atomic E-state index is -4.87. The summed E-state index contributed by atoms with van der Waals surface area (Å²) in [6.07, 6.45) is -2.78.